The van der Waals surface area contributed by atoms with Crippen LogP contribution >= 0.6 is 0 Å². The molecule has 4 aromatic rings. The number of fused-ring (bicyclic) bond motifs is 3. The third-order valence-electron chi connectivity index (χ3n) is 6.69. The molecule has 1 aromatic carbocycles. The van der Waals surface area contributed by atoms with Crippen LogP contribution in [0.5, 0.6) is 0 Å². The van der Waals surface area contributed by atoms with Crippen molar-refractivity contribution in [3.63, 3.8) is 0 Å². The molecule has 0 unspecified atom stereocenters. The third kappa shape index (κ3) is 4.11. The molecule has 0 bridgehead atoms. The fraction of sp³-hybridized carbons (Fsp3) is 0.440. The van der Waals surface area contributed by atoms with E-state index in [4.69, 9.17) is 5.10 Å². The van der Waals surface area contributed by atoms with Crippen molar-refractivity contribution in [1.29, 1.82) is 0 Å². The smallest absolute Gasteiger partial charge is 0.220 e. The molecule has 0 atom stereocenters. The molecule has 3 aromatic heterocycles. The lowest BCUT2D eigenvalue weighted by atomic mass is 10.0. The molecule has 0 saturated heterocycles. The van der Waals surface area contributed by atoms with E-state index in [1.807, 2.05) is 21.3 Å². The Hall–Kier alpha value is -3.22. The minimum Gasteiger partial charge on any atom is -0.353 e. The van der Waals surface area contributed by atoms with E-state index in [1.165, 1.54) is 36.8 Å². The average Bonchev–Trinajstić information content (AvgIpc) is 3.31. The highest BCUT2D eigenvalue weighted by Gasteiger charge is 2.17. The summed E-state index contributed by atoms with van der Waals surface area (Å²) in [5.41, 5.74) is 6.18. The number of nitrogens with zero attached hydrogens (tertiary/aromatic N) is 5. The maximum atomic E-state index is 12.5. The van der Waals surface area contributed by atoms with E-state index in [9.17, 15) is 4.79 Å². The van der Waals surface area contributed by atoms with Crippen LogP contribution in [0.4, 0.5) is 0 Å². The van der Waals surface area contributed by atoms with Gasteiger partial charge in [0.05, 0.1) is 5.69 Å². The van der Waals surface area contributed by atoms with E-state index in [1.54, 1.807) is 0 Å². The van der Waals surface area contributed by atoms with Gasteiger partial charge < -0.3 is 5.32 Å². The first-order chi connectivity index (χ1) is 15.6. The molecule has 32 heavy (non-hydrogen) atoms. The first-order valence-electron chi connectivity index (χ1n) is 11.7. The summed E-state index contributed by atoms with van der Waals surface area (Å²) in [6, 6.07) is 8.77. The molecule has 166 valence electrons. The van der Waals surface area contributed by atoms with Crippen molar-refractivity contribution in [3.05, 3.63) is 53.6 Å². The Bertz CT molecular complexity index is 1260. The highest BCUT2D eigenvalue weighted by molar-refractivity contribution is 5.78. The van der Waals surface area contributed by atoms with E-state index >= 15 is 0 Å². The normalized spacial score (nSPS) is 15.3. The molecule has 1 aliphatic rings. The van der Waals surface area contributed by atoms with Gasteiger partial charge in [0.25, 0.3) is 0 Å². The second kappa shape index (κ2) is 8.73. The fourth-order valence-corrected chi connectivity index (χ4v) is 4.62. The predicted octanol–water partition coefficient (Wildman–Crippen LogP) is 4.43. The van der Waals surface area contributed by atoms with Crippen molar-refractivity contribution in [2.75, 3.05) is 0 Å². The Morgan fingerprint density at radius 2 is 1.84 bits per heavy atom. The van der Waals surface area contributed by atoms with Crippen LogP contribution in [0.1, 0.15) is 61.9 Å². The van der Waals surface area contributed by atoms with Crippen LogP contribution in [0.25, 0.3) is 22.4 Å². The van der Waals surface area contributed by atoms with Crippen LogP contribution < -0.4 is 5.32 Å². The number of aryl methyl sites for hydroxylation is 3. The Balaban J connectivity index is 1.34. The number of hydrogen-bond acceptors (Lipinski definition) is 4. The molecular formula is C25H30N6O. The van der Waals surface area contributed by atoms with Crippen molar-refractivity contribution >= 4 is 17.1 Å². The summed E-state index contributed by atoms with van der Waals surface area (Å²) >= 11 is 0. The lowest BCUT2D eigenvalue weighted by Gasteiger charge is -2.15. The highest BCUT2D eigenvalue weighted by Crippen LogP contribution is 2.24. The first kappa shape index (κ1) is 20.7. The van der Waals surface area contributed by atoms with Crippen LogP contribution in [0.2, 0.25) is 0 Å². The van der Waals surface area contributed by atoms with Gasteiger partial charge >= 0.3 is 0 Å². The standard InChI is InChI=1S/C25H30N6O/c1-17-9-10-19(15-18(17)2)21-16-22-25-28-27-23(30(25)13-14-31(22)29-21)11-12-24(32)26-20-7-5-3-4-6-8-20/h9-10,13-16,20H,3-8,11-12H2,1-2H3,(H,26,32). The number of amides is 1. The van der Waals surface area contributed by atoms with Gasteiger partial charge in [-0.3, -0.25) is 9.20 Å². The third-order valence-corrected chi connectivity index (χ3v) is 6.69. The highest BCUT2D eigenvalue weighted by atomic mass is 16.1. The van der Waals surface area contributed by atoms with E-state index in [0.717, 1.165) is 41.1 Å². The molecule has 1 amide bonds. The SMILES string of the molecule is Cc1ccc(-c2cc3c4nnc(CCC(=O)NC5CCCCCC5)n4ccn3n2)cc1C. The summed E-state index contributed by atoms with van der Waals surface area (Å²) < 4.78 is 3.82. The maximum Gasteiger partial charge on any atom is 0.220 e. The van der Waals surface area contributed by atoms with Gasteiger partial charge in [0.1, 0.15) is 11.3 Å². The fourth-order valence-electron chi connectivity index (χ4n) is 4.62. The van der Waals surface area contributed by atoms with Gasteiger partial charge in [0.15, 0.2) is 5.65 Å². The van der Waals surface area contributed by atoms with Crippen LogP contribution in [-0.2, 0) is 11.2 Å². The van der Waals surface area contributed by atoms with Crippen LogP contribution in [-0.4, -0.2) is 36.2 Å². The Morgan fingerprint density at radius 3 is 2.62 bits per heavy atom. The number of carbonyl (C=O) groups excluding carboxylic acids is 1. The molecule has 0 spiro atoms. The van der Waals surface area contributed by atoms with Crippen molar-refractivity contribution in [3.8, 4) is 11.3 Å². The summed E-state index contributed by atoms with van der Waals surface area (Å²) in [5, 5.41) is 16.7. The zero-order valence-electron chi connectivity index (χ0n) is 18.8. The van der Waals surface area contributed by atoms with Crippen molar-refractivity contribution in [2.45, 2.75) is 71.3 Å². The van der Waals surface area contributed by atoms with Gasteiger partial charge in [-0.1, -0.05) is 37.8 Å². The monoisotopic (exact) mass is 430 g/mol. The van der Waals surface area contributed by atoms with E-state index in [-0.39, 0.29) is 5.91 Å². The van der Waals surface area contributed by atoms with Crippen LogP contribution in [0.15, 0.2) is 36.7 Å². The minimum absolute atomic E-state index is 0.108. The summed E-state index contributed by atoms with van der Waals surface area (Å²) in [6.45, 7) is 4.23. The maximum absolute atomic E-state index is 12.5. The molecule has 7 nitrogen and oxygen atoms in total. The van der Waals surface area contributed by atoms with Crippen molar-refractivity contribution in [2.24, 2.45) is 0 Å². The number of nitrogens with one attached hydrogen (secondary N) is 1. The molecule has 7 heteroatoms. The van der Waals surface area contributed by atoms with Gasteiger partial charge in [-0.05, 0) is 49.9 Å². The summed E-state index contributed by atoms with van der Waals surface area (Å²) in [7, 11) is 0. The summed E-state index contributed by atoms with van der Waals surface area (Å²) in [5.74, 6) is 0.906. The molecule has 1 aliphatic carbocycles. The summed E-state index contributed by atoms with van der Waals surface area (Å²) in [6.07, 6.45) is 12.0. The lowest BCUT2D eigenvalue weighted by Crippen LogP contribution is -2.34. The minimum atomic E-state index is 0.108. The van der Waals surface area contributed by atoms with Gasteiger partial charge in [0.2, 0.25) is 5.91 Å². The van der Waals surface area contributed by atoms with E-state index < -0.39 is 0 Å². The largest absolute Gasteiger partial charge is 0.353 e. The molecule has 0 aliphatic heterocycles. The predicted molar refractivity (Wildman–Crippen MR) is 125 cm³/mol. The number of hydrogen-bond donors (Lipinski definition) is 1. The first-order valence-corrected chi connectivity index (χ1v) is 11.7. The van der Waals surface area contributed by atoms with Crippen LogP contribution in [0, 0.1) is 13.8 Å². The van der Waals surface area contributed by atoms with Gasteiger partial charge in [-0.15, -0.1) is 10.2 Å². The molecular weight excluding hydrogens is 400 g/mol. The number of carbonyl (C=O) groups is 1. The van der Waals surface area contributed by atoms with Gasteiger partial charge in [-0.2, -0.15) is 5.10 Å². The molecule has 1 N–H and O–H groups in total. The molecule has 0 radical (unpaired) electrons. The Kier molecular flexibility index (Phi) is 5.64. The zero-order valence-corrected chi connectivity index (χ0v) is 18.8. The number of aromatic nitrogens is 5. The molecule has 5 rings (SSSR count). The lowest BCUT2D eigenvalue weighted by molar-refractivity contribution is -0.121. The Morgan fingerprint density at radius 1 is 1.03 bits per heavy atom. The topological polar surface area (TPSA) is 76.6 Å². The van der Waals surface area contributed by atoms with Crippen LogP contribution in [0.3, 0.4) is 0 Å². The summed E-state index contributed by atoms with van der Waals surface area (Å²) in [4.78, 5) is 12.5. The number of rotatable bonds is 5. The molecule has 1 saturated carbocycles. The average molecular weight is 431 g/mol. The molecule has 3 heterocycles. The van der Waals surface area contributed by atoms with Gasteiger partial charge in [-0.25, -0.2) is 4.52 Å². The van der Waals surface area contributed by atoms with E-state index in [0.29, 0.717) is 18.9 Å². The second-order valence-corrected chi connectivity index (χ2v) is 9.02. The van der Waals surface area contributed by atoms with Crippen molar-refractivity contribution < 1.29 is 4.79 Å². The van der Waals surface area contributed by atoms with E-state index in [2.05, 4.69) is 53.6 Å². The zero-order chi connectivity index (χ0) is 22.1. The Labute approximate surface area is 187 Å². The second-order valence-electron chi connectivity index (χ2n) is 9.02. The quantitative estimate of drug-likeness (QED) is 0.475. The van der Waals surface area contributed by atoms with Gasteiger partial charge in [0, 0.05) is 36.8 Å². The number of benzene rings is 1. The van der Waals surface area contributed by atoms with Crippen molar-refractivity contribution in [1.82, 2.24) is 29.5 Å². The molecule has 1 fully saturated rings.